The fraction of sp³-hybridized carbons (Fsp3) is 0.235. The van der Waals surface area contributed by atoms with Gasteiger partial charge in [0.25, 0.3) is 0 Å². The van der Waals surface area contributed by atoms with Crippen molar-refractivity contribution in [1.82, 2.24) is 0 Å². The van der Waals surface area contributed by atoms with E-state index in [1.807, 2.05) is 0 Å². The van der Waals surface area contributed by atoms with Crippen LogP contribution in [0.2, 0.25) is 0 Å². The molecule has 0 aromatic heterocycles. The SMILES string of the molecule is N#CC(CCOc1ccc2c(c1)OCO2)c1cccc(F)c1. The van der Waals surface area contributed by atoms with Crippen molar-refractivity contribution in [3.63, 3.8) is 0 Å². The smallest absolute Gasteiger partial charge is 0.231 e. The van der Waals surface area contributed by atoms with Crippen LogP contribution in [-0.2, 0) is 0 Å². The van der Waals surface area contributed by atoms with Gasteiger partial charge in [0.2, 0.25) is 6.79 Å². The molecule has 0 N–H and O–H groups in total. The van der Waals surface area contributed by atoms with Gasteiger partial charge in [0.05, 0.1) is 18.6 Å². The third kappa shape index (κ3) is 3.12. The molecule has 1 aliphatic rings. The molecule has 0 amide bonds. The number of hydrogen-bond donors (Lipinski definition) is 0. The van der Waals surface area contributed by atoms with Gasteiger partial charge >= 0.3 is 0 Å². The molecule has 22 heavy (non-hydrogen) atoms. The largest absolute Gasteiger partial charge is 0.493 e. The second-order valence-corrected chi connectivity index (χ2v) is 4.89. The van der Waals surface area contributed by atoms with Gasteiger partial charge in [-0.1, -0.05) is 12.1 Å². The van der Waals surface area contributed by atoms with Crippen LogP contribution in [-0.4, -0.2) is 13.4 Å². The molecule has 0 saturated heterocycles. The lowest BCUT2D eigenvalue weighted by atomic mass is 9.98. The summed E-state index contributed by atoms with van der Waals surface area (Å²) >= 11 is 0. The van der Waals surface area contributed by atoms with Gasteiger partial charge in [-0.05, 0) is 29.8 Å². The Morgan fingerprint density at radius 3 is 2.86 bits per heavy atom. The fourth-order valence-corrected chi connectivity index (χ4v) is 2.29. The lowest BCUT2D eigenvalue weighted by molar-refractivity contribution is 0.173. The van der Waals surface area contributed by atoms with E-state index in [9.17, 15) is 9.65 Å². The van der Waals surface area contributed by atoms with Crippen molar-refractivity contribution in [1.29, 1.82) is 5.26 Å². The molecule has 1 heterocycles. The maximum atomic E-state index is 13.2. The number of fused-ring (bicyclic) bond motifs is 1. The molecule has 2 aromatic carbocycles. The third-order valence-corrected chi connectivity index (χ3v) is 3.43. The number of rotatable bonds is 5. The molecule has 1 unspecified atom stereocenters. The van der Waals surface area contributed by atoms with Crippen LogP contribution in [0.25, 0.3) is 0 Å². The van der Waals surface area contributed by atoms with Crippen molar-refractivity contribution in [2.75, 3.05) is 13.4 Å². The molecule has 0 bridgehead atoms. The van der Waals surface area contributed by atoms with Gasteiger partial charge in [0.1, 0.15) is 11.6 Å². The van der Waals surface area contributed by atoms with Crippen LogP contribution < -0.4 is 14.2 Å². The van der Waals surface area contributed by atoms with E-state index in [-0.39, 0.29) is 12.6 Å². The average Bonchev–Trinajstić information content (AvgIpc) is 2.99. The highest BCUT2D eigenvalue weighted by atomic mass is 19.1. The van der Waals surface area contributed by atoms with Gasteiger partial charge in [0.15, 0.2) is 11.5 Å². The van der Waals surface area contributed by atoms with Crippen molar-refractivity contribution in [3.8, 4) is 23.3 Å². The molecule has 0 spiro atoms. The molecule has 3 rings (SSSR count). The fourth-order valence-electron chi connectivity index (χ4n) is 2.29. The van der Waals surface area contributed by atoms with Crippen LogP contribution in [0.15, 0.2) is 42.5 Å². The van der Waals surface area contributed by atoms with Crippen LogP contribution in [0, 0.1) is 17.1 Å². The highest BCUT2D eigenvalue weighted by molar-refractivity contribution is 5.46. The van der Waals surface area contributed by atoms with E-state index in [0.29, 0.717) is 35.8 Å². The maximum absolute atomic E-state index is 13.2. The minimum Gasteiger partial charge on any atom is -0.493 e. The van der Waals surface area contributed by atoms with Gasteiger partial charge < -0.3 is 14.2 Å². The Kier molecular flexibility index (Phi) is 4.10. The van der Waals surface area contributed by atoms with Crippen LogP contribution in [0.1, 0.15) is 17.9 Å². The van der Waals surface area contributed by atoms with Crippen LogP contribution in [0.4, 0.5) is 4.39 Å². The Bertz CT molecular complexity index is 711. The standard InChI is InChI=1S/C17H14FNO3/c18-14-3-1-2-12(8-14)13(10-19)6-7-20-15-4-5-16-17(9-15)22-11-21-16/h1-5,8-9,13H,6-7,11H2. The number of halogens is 1. The molecular weight excluding hydrogens is 285 g/mol. The third-order valence-electron chi connectivity index (χ3n) is 3.43. The Hall–Kier alpha value is -2.74. The quantitative estimate of drug-likeness (QED) is 0.846. The van der Waals surface area contributed by atoms with Crippen LogP contribution >= 0.6 is 0 Å². The van der Waals surface area contributed by atoms with Crippen molar-refractivity contribution < 1.29 is 18.6 Å². The molecular formula is C17H14FNO3. The summed E-state index contributed by atoms with van der Waals surface area (Å²) in [4.78, 5) is 0. The molecule has 0 saturated carbocycles. The first-order chi connectivity index (χ1) is 10.8. The van der Waals surface area contributed by atoms with E-state index in [1.165, 1.54) is 12.1 Å². The first-order valence-electron chi connectivity index (χ1n) is 6.94. The predicted octanol–water partition coefficient (Wildman–Crippen LogP) is 3.63. The Morgan fingerprint density at radius 2 is 2.05 bits per heavy atom. The van der Waals surface area contributed by atoms with Gasteiger partial charge in [-0.3, -0.25) is 0 Å². The van der Waals surface area contributed by atoms with Crippen molar-refractivity contribution in [2.24, 2.45) is 0 Å². The molecule has 4 nitrogen and oxygen atoms in total. The van der Waals surface area contributed by atoms with E-state index in [0.717, 1.165) is 0 Å². The zero-order valence-electron chi connectivity index (χ0n) is 11.8. The molecule has 1 atom stereocenters. The number of hydrogen-bond acceptors (Lipinski definition) is 4. The van der Waals surface area contributed by atoms with Gasteiger partial charge in [-0.2, -0.15) is 5.26 Å². The zero-order valence-corrected chi connectivity index (χ0v) is 11.8. The topological polar surface area (TPSA) is 51.5 Å². The highest BCUT2D eigenvalue weighted by Crippen LogP contribution is 2.35. The average molecular weight is 299 g/mol. The van der Waals surface area contributed by atoms with Crippen molar-refractivity contribution in [3.05, 3.63) is 53.8 Å². The second-order valence-electron chi connectivity index (χ2n) is 4.89. The number of benzene rings is 2. The van der Waals surface area contributed by atoms with E-state index >= 15 is 0 Å². The lowest BCUT2D eigenvalue weighted by Crippen LogP contribution is -2.04. The minimum atomic E-state index is -0.398. The van der Waals surface area contributed by atoms with Gasteiger partial charge in [-0.15, -0.1) is 0 Å². The molecule has 1 aliphatic heterocycles. The van der Waals surface area contributed by atoms with Crippen LogP contribution in [0.5, 0.6) is 17.2 Å². The molecule has 0 radical (unpaired) electrons. The zero-order chi connectivity index (χ0) is 15.4. The van der Waals surface area contributed by atoms with Gasteiger partial charge in [-0.25, -0.2) is 4.39 Å². The first-order valence-corrected chi connectivity index (χ1v) is 6.94. The number of nitrogens with zero attached hydrogens (tertiary/aromatic N) is 1. The summed E-state index contributed by atoms with van der Waals surface area (Å²) in [6, 6.07) is 13.6. The Balaban J connectivity index is 1.59. The summed E-state index contributed by atoms with van der Waals surface area (Å²) in [5, 5.41) is 9.23. The number of ether oxygens (including phenoxy) is 3. The van der Waals surface area contributed by atoms with Gasteiger partial charge in [0, 0.05) is 12.5 Å². The molecule has 2 aromatic rings. The van der Waals surface area contributed by atoms with Crippen molar-refractivity contribution in [2.45, 2.75) is 12.3 Å². The summed E-state index contributed by atoms with van der Waals surface area (Å²) in [5.74, 6) is 1.26. The summed E-state index contributed by atoms with van der Waals surface area (Å²) in [5.41, 5.74) is 0.664. The number of nitriles is 1. The second kappa shape index (κ2) is 6.35. The summed E-state index contributed by atoms with van der Waals surface area (Å²) < 4.78 is 29.3. The minimum absolute atomic E-state index is 0.217. The Labute approximate surface area is 127 Å². The molecule has 0 aliphatic carbocycles. The lowest BCUT2D eigenvalue weighted by Gasteiger charge is -2.11. The summed E-state index contributed by atoms with van der Waals surface area (Å²) in [6.07, 6.45) is 0.481. The van der Waals surface area contributed by atoms with E-state index in [4.69, 9.17) is 14.2 Å². The molecule has 0 fully saturated rings. The Morgan fingerprint density at radius 1 is 1.18 bits per heavy atom. The van der Waals surface area contributed by atoms with E-state index < -0.39 is 5.92 Å². The summed E-state index contributed by atoms with van der Waals surface area (Å²) in [7, 11) is 0. The first kappa shape index (κ1) is 14.2. The van der Waals surface area contributed by atoms with E-state index in [1.54, 1.807) is 30.3 Å². The normalized spacial score (nSPS) is 13.5. The monoisotopic (exact) mass is 299 g/mol. The van der Waals surface area contributed by atoms with Crippen molar-refractivity contribution >= 4 is 0 Å². The maximum Gasteiger partial charge on any atom is 0.231 e. The predicted molar refractivity (Wildman–Crippen MR) is 77.4 cm³/mol. The molecule has 112 valence electrons. The van der Waals surface area contributed by atoms with Crippen LogP contribution in [0.3, 0.4) is 0 Å². The molecule has 5 heteroatoms. The highest BCUT2D eigenvalue weighted by Gasteiger charge is 2.15. The summed E-state index contributed by atoms with van der Waals surface area (Å²) in [6.45, 7) is 0.573. The van der Waals surface area contributed by atoms with E-state index in [2.05, 4.69) is 6.07 Å².